The van der Waals surface area contributed by atoms with E-state index in [0.29, 0.717) is 12.0 Å². The van der Waals surface area contributed by atoms with Gasteiger partial charge >= 0.3 is 5.97 Å². The lowest BCUT2D eigenvalue weighted by Crippen LogP contribution is -2.28. The Balaban J connectivity index is 2.26. The first kappa shape index (κ1) is 11.5. The van der Waals surface area contributed by atoms with Crippen LogP contribution in [0, 0.1) is 5.41 Å². The third-order valence-electron chi connectivity index (χ3n) is 4.43. The van der Waals surface area contributed by atoms with Crippen molar-refractivity contribution in [3.63, 3.8) is 0 Å². The summed E-state index contributed by atoms with van der Waals surface area (Å²) >= 11 is 0. The van der Waals surface area contributed by atoms with Crippen molar-refractivity contribution >= 4 is 12.3 Å². The first-order valence-electron chi connectivity index (χ1n) is 6.39. The second-order valence-electron chi connectivity index (χ2n) is 5.59. The summed E-state index contributed by atoms with van der Waals surface area (Å²) in [6, 6.07) is 0. The smallest absolute Gasteiger partial charge is 0.347 e. The van der Waals surface area contributed by atoms with Gasteiger partial charge in [-0.05, 0) is 43.6 Å². The number of fused-ring (bicyclic) bond motifs is 2. The van der Waals surface area contributed by atoms with Crippen molar-refractivity contribution in [1.82, 2.24) is 0 Å². The average Bonchev–Trinajstić information content (AvgIpc) is 2.63. The molecule has 1 unspecified atom stereocenters. The lowest BCUT2D eigenvalue weighted by atomic mass is 9.64. The molecule has 0 spiro atoms. The fourth-order valence-electron chi connectivity index (χ4n) is 3.44. The third-order valence-corrected chi connectivity index (χ3v) is 4.43. The Morgan fingerprint density at radius 1 is 1.39 bits per heavy atom. The highest BCUT2D eigenvalue weighted by atomic mass is 16.5. The molecule has 0 saturated carbocycles. The van der Waals surface area contributed by atoms with Crippen LogP contribution in [0.25, 0.3) is 0 Å². The number of hydrogen-bond acceptors (Lipinski definition) is 3. The highest BCUT2D eigenvalue weighted by Crippen LogP contribution is 2.53. The van der Waals surface area contributed by atoms with Crippen molar-refractivity contribution in [2.45, 2.75) is 39.5 Å². The average molecular weight is 244 g/mol. The van der Waals surface area contributed by atoms with E-state index < -0.39 is 5.97 Å². The zero-order valence-corrected chi connectivity index (χ0v) is 10.7. The lowest BCUT2D eigenvalue weighted by molar-refractivity contribution is -0.134. The molecule has 3 heteroatoms. The van der Waals surface area contributed by atoms with Crippen molar-refractivity contribution < 1.29 is 14.3 Å². The van der Waals surface area contributed by atoms with Gasteiger partial charge in [-0.25, -0.2) is 4.79 Å². The van der Waals surface area contributed by atoms with Crippen molar-refractivity contribution in [2.24, 2.45) is 5.41 Å². The number of allylic oxidation sites excluding steroid dienone is 4. The van der Waals surface area contributed by atoms with Gasteiger partial charge in [0.2, 0.25) is 0 Å². The van der Waals surface area contributed by atoms with Gasteiger partial charge in [0, 0.05) is 11.1 Å². The molecule has 0 amide bonds. The van der Waals surface area contributed by atoms with Crippen LogP contribution in [-0.2, 0) is 14.3 Å². The van der Waals surface area contributed by atoms with E-state index in [1.165, 1.54) is 5.57 Å². The molecule has 0 radical (unpaired) electrons. The molecule has 1 heterocycles. The maximum absolute atomic E-state index is 11.7. The number of carbonyl (C=O) groups excluding carboxylic acids is 2. The van der Waals surface area contributed by atoms with Gasteiger partial charge in [-0.1, -0.05) is 13.0 Å². The molecule has 2 aliphatic carbocycles. The molecule has 0 aromatic carbocycles. The lowest BCUT2D eigenvalue weighted by Gasteiger charge is -2.40. The molecule has 0 aromatic heterocycles. The number of aldehydes is 1. The molecule has 18 heavy (non-hydrogen) atoms. The van der Waals surface area contributed by atoms with Gasteiger partial charge in [0.05, 0.1) is 0 Å². The summed E-state index contributed by atoms with van der Waals surface area (Å²) < 4.78 is 5.37. The van der Waals surface area contributed by atoms with Crippen LogP contribution >= 0.6 is 0 Å². The van der Waals surface area contributed by atoms with E-state index in [0.717, 1.165) is 36.8 Å². The minimum absolute atomic E-state index is 0.0935. The van der Waals surface area contributed by atoms with Crippen molar-refractivity contribution in [3.8, 4) is 0 Å². The van der Waals surface area contributed by atoms with E-state index in [-0.39, 0.29) is 11.0 Å². The van der Waals surface area contributed by atoms with Crippen LogP contribution in [0.4, 0.5) is 0 Å². The summed E-state index contributed by atoms with van der Waals surface area (Å²) in [4.78, 5) is 22.7. The number of rotatable bonds is 1. The molecule has 0 fully saturated rings. The second kappa shape index (κ2) is 3.67. The van der Waals surface area contributed by atoms with Crippen LogP contribution in [0.5, 0.6) is 0 Å². The van der Waals surface area contributed by atoms with E-state index in [9.17, 15) is 9.59 Å². The number of carbonyl (C=O) groups is 2. The van der Waals surface area contributed by atoms with Crippen LogP contribution in [-0.4, -0.2) is 12.3 Å². The molecule has 94 valence electrons. The van der Waals surface area contributed by atoms with Gasteiger partial charge < -0.3 is 4.74 Å². The van der Waals surface area contributed by atoms with Crippen LogP contribution in [0.3, 0.4) is 0 Å². The Morgan fingerprint density at radius 3 is 2.89 bits per heavy atom. The predicted molar refractivity (Wildman–Crippen MR) is 66.5 cm³/mol. The minimum atomic E-state index is -0.481. The monoisotopic (exact) mass is 244 g/mol. The molecule has 1 atom stereocenters. The van der Waals surface area contributed by atoms with Gasteiger partial charge in [-0.15, -0.1) is 0 Å². The minimum Gasteiger partial charge on any atom is -0.422 e. The van der Waals surface area contributed by atoms with Crippen LogP contribution in [0.2, 0.25) is 0 Å². The van der Waals surface area contributed by atoms with Gasteiger partial charge in [0.15, 0.2) is 6.29 Å². The van der Waals surface area contributed by atoms with E-state index >= 15 is 0 Å². The van der Waals surface area contributed by atoms with E-state index in [2.05, 4.69) is 19.9 Å². The Morgan fingerprint density at radius 2 is 2.17 bits per heavy atom. The van der Waals surface area contributed by atoms with Gasteiger partial charge in [-0.2, -0.15) is 0 Å². The summed E-state index contributed by atoms with van der Waals surface area (Å²) in [5.41, 5.74) is 3.46. The molecule has 0 aromatic rings. The summed E-state index contributed by atoms with van der Waals surface area (Å²) in [5, 5.41) is 0. The zero-order chi connectivity index (χ0) is 12.9. The molecule has 0 bridgehead atoms. The van der Waals surface area contributed by atoms with Gasteiger partial charge in [0.1, 0.15) is 11.3 Å². The van der Waals surface area contributed by atoms with E-state index in [1.807, 2.05) is 0 Å². The second-order valence-corrected chi connectivity index (χ2v) is 5.59. The fourth-order valence-corrected chi connectivity index (χ4v) is 3.44. The number of hydrogen-bond donors (Lipinski definition) is 0. The molecule has 3 aliphatic rings. The first-order chi connectivity index (χ1) is 8.57. The predicted octanol–water partition coefficient (Wildman–Crippen LogP) is 2.83. The molecule has 3 rings (SSSR count). The maximum atomic E-state index is 11.7. The maximum Gasteiger partial charge on any atom is 0.347 e. The van der Waals surface area contributed by atoms with Gasteiger partial charge in [-0.3, -0.25) is 4.79 Å². The number of ether oxygens (including phenoxy) is 1. The SMILES string of the molecule is CC1=CCCC2(C)CCC3=C(C=O)C(=O)OC3=C12. The number of esters is 1. The summed E-state index contributed by atoms with van der Waals surface area (Å²) in [7, 11) is 0. The first-order valence-corrected chi connectivity index (χ1v) is 6.39. The highest BCUT2D eigenvalue weighted by Gasteiger charge is 2.44. The molecular formula is C15H16O3. The largest absolute Gasteiger partial charge is 0.422 e. The van der Waals surface area contributed by atoms with E-state index in [1.54, 1.807) is 0 Å². The van der Waals surface area contributed by atoms with Crippen molar-refractivity contribution in [3.05, 3.63) is 34.1 Å². The summed E-state index contributed by atoms with van der Waals surface area (Å²) in [6.45, 7) is 4.30. The standard InChI is InChI=1S/C15H16O3/c1-9-4-3-6-15(2)7-5-10-11(8-16)14(17)18-13(10)12(9)15/h4,8H,3,5-7H2,1-2H3. The van der Waals surface area contributed by atoms with E-state index in [4.69, 9.17) is 4.74 Å². The van der Waals surface area contributed by atoms with Gasteiger partial charge in [0.25, 0.3) is 0 Å². The molecule has 1 aliphatic heterocycles. The third kappa shape index (κ3) is 1.36. The van der Waals surface area contributed by atoms with Crippen LogP contribution < -0.4 is 0 Å². The summed E-state index contributed by atoms with van der Waals surface area (Å²) in [5.74, 6) is 0.189. The Labute approximate surface area is 106 Å². The van der Waals surface area contributed by atoms with Crippen molar-refractivity contribution in [1.29, 1.82) is 0 Å². The molecule has 0 N–H and O–H groups in total. The Hall–Kier alpha value is -1.64. The molecule has 0 saturated heterocycles. The topological polar surface area (TPSA) is 43.4 Å². The van der Waals surface area contributed by atoms with Crippen molar-refractivity contribution in [2.75, 3.05) is 0 Å². The highest BCUT2D eigenvalue weighted by molar-refractivity contribution is 6.12. The quantitative estimate of drug-likeness (QED) is 0.404. The molecular weight excluding hydrogens is 228 g/mol. The molecule has 3 nitrogen and oxygen atoms in total. The van der Waals surface area contributed by atoms with Crippen LogP contribution in [0.1, 0.15) is 39.5 Å². The Bertz CT molecular complexity index is 548. The Kier molecular flexibility index (Phi) is 2.34. The fraction of sp³-hybridized carbons (Fsp3) is 0.467. The normalized spacial score (nSPS) is 30.8. The summed E-state index contributed by atoms with van der Waals surface area (Å²) in [6.07, 6.45) is 6.75. The zero-order valence-electron chi connectivity index (χ0n) is 10.7. The van der Waals surface area contributed by atoms with Crippen LogP contribution in [0.15, 0.2) is 34.1 Å².